The van der Waals surface area contributed by atoms with Gasteiger partial charge in [-0.25, -0.2) is 0 Å². The largest absolute Gasteiger partial charge is 0.483 e. The van der Waals surface area contributed by atoms with E-state index in [2.05, 4.69) is 0 Å². The minimum absolute atomic E-state index is 0.0982. The van der Waals surface area contributed by atoms with E-state index in [0.717, 1.165) is 11.1 Å². The number of aromatic nitrogens is 1. The molecule has 0 saturated carbocycles. The highest BCUT2D eigenvalue weighted by atomic mass is 16.7. The van der Waals surface area contributed by atoms with Crippen molar-refractivity contribution in [2.45, 2.75) is 33.0 Å². The Bertz CT molecular complexity index is 1390. The normalized spacial score (nSPS) is 10.6. The molecule has 0 spiro atoms. The van der Waals surface area contributed by atoms with E-state index < -0.39 is 0 Å². The summed E-state index contributed by atoms with van der Waals surface area (Å²) in [6.45, 7) is 2.00. The Morgan fingerprint density at radius 1 is 0.778 bits per heavy atom. The quantitative estimate of drug-likeness (QED) is 0.280. The Morgan fingerprint density at radius 3 is 2.08 bits per heavy atom. The molecular formula is C30H27NO5. The lowest BCUT2D eigenvalue weighted by Crippen LogP contribution is -2.21. The Labute approximate surface area is 209 Å². The Morgan fingerprint density at radius 2 is 1.42 bits per heavy atom. The first-order valence-corrected chi connectivity index (χ1v) is 11.7. The van der Waals surface area contributed by atoms with E-state index >= 15 is 0 Å². The van der Waals surface area contributed by atoms with Crippen LogP contribution in [0.2, 0.25) is 0 Å². The Kier molecular flexibility index (Phi) is 8.08. The summed E-state index contributed by atoms with van der Waals surface area (Å²) in [6.07, 6.45) is 1.97. The summed E-state index contributed by atoms with van der Waals surface area (Å²) in [7, 11) is 0. The van der Waals surface area contributed by atoms with Gasteiger partial charge in [-0.15, -0.1) is 0 Å². The lowest BCUT2D eigenvalue weighted by Gasteiger charge is -2.16. The highest BCUT2D eigenvalue weighted by molar-refractivity contribution is 6.00. The van der Waals surface area contributed by atoms with E-state index in [1.165, 1.54) is 23.9 Å². The van der Waals surface area contributed by atoms with Gasteiger partial charge in [-0.1, -0.05) is 78.9 Å². The van der Waals surface area contributed by atoms with Crippen molar-refractivity contribution in [2.75, 3.05) is 0 Å². The molecule has 3 aromatic carbocycles. The van der Waals surface area contributed by atoms with Crippen LogP contribution in [0.4, 0.5) is 0 Å². The molecule has 0 atom stereocenters. The van der Waals surface area contributed by atoms with Crippen LogP contribution >= 0.6 is 0 Å². The Balaban J connectivity index is 1.53. The van der Waals surface area contributed by atoms with Crippen molar-refractivity contribution < 1.29 is 19.2 Å². The third-order valence-electron chi connectivity index (χ3n) is 5.71. The topological polar surface area (TPSA) is 74.6 Å². The number of Topliss-reactive ketones (excluding diaryl/α,β-unsaturated/α-hetero) is 2. The molecule has 0 bridgehead atoms. The molecule has 36 heavy (non-hydrogen) atoms. The molecule has 1 heterocycles. The molecule has 6 heteroatoms. The van der Waals surface area contributed by atoms with Gasteiger partial charge < -0.3 is 9.57 Å². The molecular weight excluding hydrogens is 454 g/mol. The lowest BCUT2D eigenvalue weighted by molar-refractivity contribution is 0.0851. The maximum atomic E-state index is 12.8. The molecule has 0 amide bonds. The van der Waals surface area contributed by atoms with Crippen LogP contribution < -0.4 is 15.0 Å². The van der Waals surface area contributed by atoms with Gasteiger partial charge in [0.15, 0.2) is 17.3 Å². The fourth-order valence-electron chi connectivity index (χ4n) is 3.70. The third-order valence-corrected chi connectivity index (χ3v) is 5.71. The van der Waals surface area contributed by atoms with Crippen molar-refractivity contribution >= 4 is 11.6 Å². The van der Waals surface area contributed by atoms with E-state index in [9.17, 15) is 14.4 Å². The fraction of sp³-hybridized carbons (Fsp3) is 0.167. The van der Waals surface area contributed by atoms with Crippen LogP contribution in [-0.2, 0) is 19.6 Å². The summed E-state index contributed by atoms with van der Waals surface area (Å²) in [5.74, 6) is -0.0559. The molecule has 0 aliphatic heterocycles. The molecule has 4 aromatic rings. The van der Waals surface area contributed by atoms with Gasteiger partial charge in [0, 0.05) is 23.6 Å². The monoisotopic (exact) mass is 481 g/mol. The van der Waals surface area contributed by atoms with Crippen molar-refractivity contribution in [2.24, 2.45) is 0 Å². The second-order valence-electron chi connectivity index (χ2n) is 8.41. The summed E-state index contributed by atoms with van der Waals surface area (Å²) in [4.78, 5) is 43.3. The van der Waals surface area contributed by atoms with Gasteiger partial charge in [0.1, 0.15) is 13.2 Å². The maximum Gasteiger partial charge on any atom is 0.223 e. The zero-order valence-corrected chi connectivity index (χ0v) is 20.1. The Hall–Kier alpha value is -4.45. The molecule has 0 saturated heterocycles. The van der Waals surface area contributed by atoms with Crippen molar-refractivity contribution in [1.82, 2.24) is 4.73 Å². The summed E-state index contributed by atoms with van der Waals surface area (Å²) in [5, 5.41) is 0. The standard InChI is InChI=1S/C30H27NO5/c1-22(32)25-13-8-14-26(17-25)28(33)16-15-27-18-29(34)30(35-20-23-9-4-2-5-10-23)19-31(27)36-21-24-11-6-3-7-12-24/h2-14,17-19H,15-16,20-21H2,1H3. The average Bonchev–Trinajstić information content (AvgIpc) is 2.91. The number of carbonyl (C=O) groups is 2. The van der Waals surface area contributed by atoms with Gasteiger partial charge in [0.25, 0.3) is 0 Å². The van der Waals surface area contributed by atoms with Gasteiger partial charge in [0.05, 0.1) is 11.9 Å². The van der Waals surface area contributed by atoms with Gasteiger partial charge in [-0.2, -0.15) is 4.73 Å². The number of rotatable bonds is 11. The predicted molar refractivity (Wildman–Crippen MR) is 137 cm³/mol. The van der Waals surface area contributed by atoms with Crippen LogP contribution in [0.5, 0.6) is 5.75 Å². The molecule has 0 unspecified atom stereocenters. The number of nitrogens with zero attached hydrogens (tertiary/aromatic N) is 1. The van der Waals surface area contributed by atoms with Gasteiger partial charge in [0.2, 0.25) is 5.43 Å². The maximum absolute atomic E-state index is 12.8. The lowest BCUT2D eigenvalue weighted by atomic mass is 10.0. The van der Waals surface area contributed by atoms with Gasteiger partial charge in [-0.05, 0) is 30.5 Å². The van der Waals surface area contributed by atoms with Crippen molar-refractivity contribution in [3.8, 4) is 5.75 Å². The molecule has 1 aromatic heterocycles. The van der Waals surface area contributed by atoms with Crippen LogP contribution in [0.3, 0.4) is 0 Å². The first-order chi connectivity index (χ1) is 17.5. The van der Waals surface area contributed by atoms with Crippen LogP contribution in [0, 0.1) is 0 Å². The van der Waals surface area contributed by atoms with E-state index in [1.807, 2.05) is 60.7 Å². The highest BCUT2D eigenvalue weighted by Gasteiger charge is 2.14. The van der Waals surface area contributed by atoms with Gasteiger partial charge >= 0.3 is 0 Å². The number of carbonyl (C=O) groups excluding carboxylic acids is 2. The predicted octanol–water partition coefficient (Wildman–Crippen LogP) is 5.07. The van der Waals surface area contributed by atoms with Crippen LogP contribution in [0.1, 0.15) is 50.9 Å². The zero-order chi connectivity index (χ0) is 25.3. The second-order valence-corrected chi connectivity index (χ2v) is 8.41. The molecule has 0 N–H and O–H groups in total. The number of pyridine rings is 1. The smallest absolute Gasteiger partial charge is 0.223 e. The van der Waals surface area contributed by atoms with E-state index in [-0.39, 0.29) is 48.8 Å². The molecule has 0 aliphatic rings. The molecule has 6 nitrogen and oxygen atoms in total. The fourth-order valence-corrected chi connectivity index (χ4v) is 3.70. The second kappa shape index (κ2) is 11.8. The van der Waals surface area contributed by atoms with E-state index in [4.69, 9.17) is 9.57 Å². The minimum Gasteiger partial charge on any atom is -0.483 e. The summed E-state index contributed by atoms with van der Waals surface area (Å²) in [5.41, 5.74) is 3.13. The average molecular weight is 482 g/mol. The first kappa shape index (κ1) is 24.7. The number of hydrogen-bond donors (Lipinski definition) is 0. The van der Waals surface area contributed by atoms with E-state index in [1.54, 1.807) is 24.3 Å². The number of hydrogen-bond acceptors (Lipinski definition) is 5. The van der Waals surface area contributed by atoms with Crippen molar-refractivity contribution in [1.29, 1.82) is 0 Å². The van der Waals surface area contributed by atoms with Crippen LogP contribution in [0.15, 0.2) is 102 Å². The van der Waals surface area contributed by atoms with Crippen LogP contribution in [0.25, 0.3) is 0 Å². The highest BCUT2D eigenvalue weighted by Crippen LogP contribution is 2.14. The summed E-state index contributed by atoms with van der Waals surface area (Å²) >= 11 is 0. The number of aryl methyl sites for hydroxylation is 1. The summed E-state index contributed by atoms with van der Waals surface area (Å²) in [6, 6.07) is 27.4. The molecule has 0 fully saturated rings. The summed E-state index contributed by atoms with van der Waals surface area (Å²) < 4.78 is 7.30. The molecule has 4 rings (SSSR count). The first-order valence-electron chi connectivity index (χ1n) is 11.7. The third kappa shape index (κ3) is 6.57. The SMILES string of the molecule is CC(=O)c1cccc(C(=O)CCc2cc(=O)c(OCc3ccccc3)cn2OCc2ccccc2)c1. The number of ether oxygens (including phenoxy) is 1. The molecule has 0 radical (unpaired) electrons. The number of benzene rings is 3. The van der Waals surface area contributed by atoms with Gasteiger partial charge in [-0.3, -0.25) is 14.4 Å². The molecule has 0 aliphatic carbocycles. The van der Waals surface area contributed by atoms with E-state index in [0.29, 0.717) is 16.8 Å². The number of ketones is 2. The van der Waals surface area contributed by atoms with Crippen molar-refractivity contribution in [3.05, 3.63) is 135 Å². The minimum atomic E-state index is -0.286. The van der Waals surface area contributed by atoms with Crippen molar-refractivity contribution in [3.63, 3.8) is 0 Å². The van der Waals surface area contributed by atoms with Crippen LogP contribution in [-0.4, -0.2) is 16.3 Å². The zero-order valence-electron chi connectivity index (χ0n) is 20.1. The molecule has 182 valence electrons.